The summed E-state index contributed by atoms with van der Waals surface area (Å²) in [6.07, 6.45) is 1.75. The number of halogens is 2. The van der Waals surface area contributed by atoms with E-state index in [1.165, 1.54) is 7.11 Å². The van der Waals surface area contributed by atoms with Crippen LogP contribution in [-0.2, 0) is 6.42 Å². The van der Waals surface area contributed by atoms with Crippen LogP contribution in [0.25, 0.3) is 22.4 Å². The fourth-order valence-electron chi connectivity index (χ4n) is 3.63. The van der Waals surface area contributed by atoms with Crippen LogP contribution in [0.15, 0.2) is 62.5 Å². The summed E-state index contributed by atoms with van der Waals surface area (Å²) < 4.78 is 17.9. The third-order valence-corrected chi connectivity index (χ3v) is 6.87. The minimum atomic E-state index is -0.504. The number of furan rings is 1. The Labute approximate surface area is 218 Å². The average molecular weight is 542 g/mol. The van der Waals surface area contributed by atoms with Crippen LogP contribution in [0.3, 0.4) is 0 Å². The van der Waals surface area contributed by atoms with Crippen molar-refractivity contribution < 1.29 is 13.9 Å². The summed E-state index contributed by atoms with van der Waals surface area (Å²) >= 11 is 13.3. The first-order valence-electron chi connectivity index (χ1n) is 10.6. The minimum Gasteiger partial charge on any atom is -0.493 e. The van der Waals surface area contributed by atoms with Gasteiger partial charge in [-0.15, -0.1) is 0 Å². The Kier molecular flexibility index (Phi) is 6.53. The number of methoxy groups -OCH3 is 2. The number of hydrogen-bond donors (Lipinski definition) is 0. The van der Waals surface area contributed by atoms with Crippen molar-refractivity contribution in [2.75, 3.05) is 14.2 Å². The molecule has 0 amide bonds. The Hall–Kier alpha value is -3.66. The van der Waals surface area contributed by atoms with Crippen molar-refractivity contribution in [1.29, 1.82) is 0 Å². The predicted octanol–water partition coefficient (Wildman–Crippen LogP) is 4.23. The summed E-state index contributed by atoms with van der Waals surface area (Å²) in [6.45, 7) is 0. The van der Waals surface area contributed by atoms with E-state index in [0.29, 0.717) is 43.2 Å². The van der Waals surface area contributed by atoms with Gasteiger partial charge in [0.05, 0.1) is 19.2 Å². The molecule has 3 heterocycles. The van der Waals surface area contributed by atoms with Gasteiger partial charge in [-0.25, -0.2) is 0 Å². The SMILES string of the molecule is COc1ccc(Cc2nn3c(=O)/c(=C/c4ccc(-c5ccc(Cl)cc5Cl)o4)sc3nc2=O)cc1OC. The molecule has 5 rings (SSSR count). The third kappa shape index (κ3) is 4.60. The van der Waals surface area contributed by atoms with Crippen molar-refractivity contribution in [1.82, 2.24) is 14.6 Å². The zero-order valence-corrected chi connectivity index (χ0v) is 21.3. The van der Waals surface area contributed by atoms with Crippen LogP contribution in [0, 0.1) is 0 Å². The molecule has 0 saturated carbocycles. The first-order valence-corrected chi connectivity index (χ1v) is 12.1. The highest BCUT2D eigenvalue weighted by molar-refractivity contribution is 7.15. The van der Waals surface area contributed by atoms with Crippen LogP contribution >= 0.6 is 34.5 Å². The molecule has 11 heteroatoms. The van der Waals surface area contributed by atoms with E-state index in [4.69, 9.17) is 37.1 Å². The molecule has 2 aromatic carbocycles. The number of rotatable bonds is 6. The molecule has 0 saturated heterocycles. The lowest BCUT2D eigenvalue weighted by Crippen LogP contribution is -2.28. The molecule has 3 aromatic heterocycles. The van der Waals surface area contributed by atoms with Crippen LogP contribution in [0.1, 0.15) is 17.0 Å². The van der Waals surface area contributed by atoms with Crippen molar-refractivity contribution in [2.45, 2.75) is 6.42 Å². The van der Waals surface area contributed by atoms with Gasteiger partial charge in [0.2, 0.25) is 4.96 Å². The highest BCUT2D eigenvalue weighted by Gasteiger charge is 2.14. The standard InChI is InChI=1S/C25H17Cl2N3O5S/c1-33-20-7-3-13(10-21(20)34-2)9-18-23(31)28-25-30(29-18)24(32)22(36-25)12-15-5-8-19(35-15)16-6-4-14(26)11-17(16)27/h3-8,10-12H,9H2,1-2H3/b22-12-. The summed E-state index contributed by atoms with van der Waals surface area (Å²) in [7, 11) is 3.07. The largest absolute Gasteiger partial charge is 0.493 e. The lowest BCUT2D eigenvalue weighted by molar-refractivity contribution is 0.354. The maximum absolute atomic E-state index is 13.0. The van der Waals surface area contributed by atoms with Gasteiger partial charge in [-0.05, 0) is 48.0 Å². The summed E-state index contributed by atoms with van der Waals surface area (Å²) in [4.78, 5) is 29.9. The fourth-order valence-corrected chi connectivity index (χ4v) is 5.02. The Bertz CT molecular complexity index is 1780. The Morgan fingerprint density at radius 1 is 1.03 bits per heavy atom. The molecular formula is C25H17Cl2N3O5S. The summed E-state index contributed by atoms with van der Waals surface area (Å²) in [5.41, 5.74) is 0.665. The number of thiazole rings is 1. The van der Waals surface area contributed by atoms with E-state index in [-0.39, 0.29) is 17.1 Å². The zero-order valence-electron chi connectivity index (χ0n) is 19.0. The first kappa shape index (κ1) is 24.1. The molecule has 0 aliphatic heterocycles. The molecule has 0 aliphatic carbocycles. The molecule has 0 fully saturated rings. The molecule has 8 nitrogen and oxygen atoms in total. The van der Waals surface area contributed by atoms with E-state index < -0.39 is 11.1 Å². The Balaban J connectivity index is 1.50. The van der Waals surface area contributed by atoms with Gasteiger partial charge >= 0.3 is 0 Å². The van der Waals surface area contributed by atoms with Crippen molar-refractivity contribution >= 4 is 45.6 Å². The highest BCUT2D eigenvalue weighted by Crippen LogP contribution is 2.31. The van der Waals surface area contributed by atoms with Gasteiger partial charge in [0, 0.05) is 23.1 Å². The Morgan fingerprint density at radius 3 is 2.58 bits per heavy atom. The van der Waals surface area contributed by atoms with Gasteiger partial charge in [0.15, 0.2) is 11.5 Å². The van der Waals surface area contributed by atoms with Crippen molar-refractivity contribution in [3.05, 3.63) is 101 Å². The molecular weight excluding hydrogens is 525 g/mol. The molecule has 0 N–H and O–H groups in total. The van der Waals surface area contributed by atoms with Crippen molar-refractivity contribution in [2.24, 2.45) is 0 Å². The Morgan fingerprint density at radius 2 is 1.83 bits per heavy atom. The lowest BCUT2D eigenvalue weighted by Gasteiger charge is -2.09. The van der Waals surface area contributed by atoms with Gasteiger partial charge < -0.3 is 13.9 Å². The first-order chi connectivity index (χ1) is 17.4. The van der Waals surface area contributed by atoms with E-state index in [1.54, 1.807) is 61.7 Å². The second-order valence-electron chi connectivity index (χ2n) is 7.67. The van der Waals surface area contributed by atoms with Gasteiger partial charge in [-0.2, -0.15) is 14.6 Å². The summed E-state index contributed by atoms with van der Waals surface area (Å²) in [5, 5.41) is 5.25. The summed E-state index contributed by atoms with van der Waals surface area (Å²) in [5.74, 6) is 2.06. The number of hydrogen-bond acceptors (Lipinski definition) is 8. The van der Waals surface area contributed by atoms with E-state index in [2.05, 4.69) is 10.1 Å². The topological polar surface area (TPSA) is 95.9 Å². The second kappa shape index (κ2) is 9.77. The predicted molar refractivity (Wildman–Crippen MR) is 139 cm³/mol. The molecule has 0 spiro atoms. The van der Waals surface area contributed by atoms with Gasteiger partial charge in [-0.1, -0.05) is 40.6 Å². The number of aromatic nitrogens is 3. The average Bonchev–Trinajstić information content (AvgIpc) is 3.44. The monoisotopic (exact) mass is 541 g/mol. The maximum atomic E-state index is 13.0. The van der Waals surface area contributed by atoms with E-state index in [1.807, 2.05) is 0 Å². The molecule has 5 aromatic rings. The zero-order chi connectivity index (χ0) is 25.4. The summed E-state index contributed by atoms with van der Waals surface area (Å²) in [6, 6.07) is 13.8. The van der Waals surface area contributed by atoms with E-state index in [0.717, 1.165) is 21.4 Å². The minimum absolute atomic E-state index is 0.138. The normalized spacial score (nSPS) is 11.8. The second-order valence-corrected chi connectivity index (χ2v) is 9.52. The van der Waals surface area contributed by atoms with Crippen molar-refractivity contribution in [3.63, 3.8) is 0 Å². The van der Waals surface area contributed by atoms with Gasteiger partial charge in [0.1, 0.15) is 21.7 Å². The third-order valence-electron chi connectivity index (χ3n) is 5.37. The van der Waals surface area contributed by atoms with Crippen LogP contribution in [0.5, 0.6) is 11.5 Å². The molecule has 0 bridgehead atoms. The van der Waals surface area contributed by atoms with E-state index in [9.17, 15) is 9.59 Å². The number of ether oxygens (including phenoxy) is 2. The van der Waals surface area contributed by atoms with Gasteiger partial charge in [-0.3, -0.25) is 9.59 Å². The fraction of sp³-hybridized carbons (Fsp3) is 0.120. The number of nitrogens with zero attached hydrogens (tertiary/aromatic N) is 3. The number of benzene rings is 2. The van der Waals surface area contributed by atoms with Crippen LogP contribution in [0.2, 0.25) is 10.0 Å². The molecule has 0 unspecified atom stereocenters. The van der Waals surface area contributed by atoms with Crippen LogP contribution < -0.4 is 25.1 Å². The molecule has 0 atom stereocenters. The molecule has 0 aliphatic rings. The smallest absolute Gasteiger partial charge is 0.296 e. The lowest BCUT2D eigenvalue weighted by atomic mass is 10.1. The van der Waals surface area contributed by atoms with Crippen LogP contribution in [-0.4, -0.2) is 28.8 Å². The highest BCUT2D eigenvalue weighted by atomic mass is 35.5. The van der Waals surface area contributed by atoms with Crippen LogP contribution in [0.4, 0.5) is 0 Å². The molecule has 0 radical (unpaired) electrons. The maximum Gasteiger partial charge on any atom is 0.296 e. The molecule has 182 valence electrons. The quantitative estimate of drug-likeness (QED) is 0.317. The molecule has 36 heavy (non-hydrogen) atoms. The van der Waals surface area contributed by atoms with Crippen molar-refractivity contribution in [3.8, 4) is 22.8 Å². The van der Waals surface area contributed by atoms with E-state index >= 15 is 0 Å². The number of fused-ring (bicyclic) bond motifs is 1. The van der Waals surface area contributed by atoms with Gasteiger partial charge in [0.25, 0.3) is 11.1 Å².